The number of hydrogen-bond donors (Lipinski definition) is 2. The molecule has 0 atom stereocenters. The number of ether oxygens (including phenoxy) is 2. The summed E-state index contributed by atoms with van der Waals surface area (Å²) in [5.41, 5.74) is 0. The highest BCUT2D eigenvalue weighted by Crippen LogP contribution is 2.13. The summed E-state index contributed by atoms with van der Waals surface area (Å²) in [6, 6.07) is 3.18. The first-order valence-corrected chi connectivity index (χ1v) is 7.89. The molecule has 0 spiro atoms. The molecule has 2 N–H and O–H groups in total. The zero-order valence-corrected chi connectivity index (χ0v) is 14.3. The fourth-order valence-electron chi connectivity index (χ4n) is 1.64. The molecule has 124 valence electrons. The van der Waals surface area contributed by atoms with Crippen molar-refractivity contribution in [1.82, 2.24) is 10.6 Å². The van der Waals surface area contributed by atoms with Crippen molar-refractivity contribution in [1.29, 1.82) is 0 Å². The van der Waals surface area contributed by atoms with Gasteiger partial charge in [-0.05, 0) is 41.9 Å². The van der Waals surface area contributed by atoms with Gasteiger partial charge in [0.1, 0.15) is 0 Å². The molecule has 0 aliphatic carbocycles. The van der Waals surface area contributed by atoms with Crippen LogP contribution in [0.3, 0.4) is 0 Å². The van der Waals surface area contributed by atoms with E-state index in [0.29, 0.717) is 17.9 Å². The maximum absolute atomic E-state index is 11.7. The topological polar surface area (TPSA) is 89.8 Å². The fraction of sp³-hybridized carbons (Fsp3) is 0.571. The first-order valence-electron chi connectivity index (χ1n) is 7.10. The quantitative estimate of drug-likeness (QED) is 0.606. The Morgan fingerprint density at radius 2 is 1.91 bits per heavy atom. The minimum Gasteiger partial charge on any atom is -0.444 e. The maximum atomic E-state index is 11.7. The Hall–Kier alpha value is -1.38. The highest BCUT2D eigenvalue weighted by atomic mass is 79.9. The van der Waals surface area contributed by atoms with Gasteiger partial charge in [-0.15, -0.1) is 0 Å². The van der Waals surface area contributed by atoms with Crippen molar-refractivity contribution in [3.05, 3.63) is 22.6 Å². The Morgan fingerprint density at radius 1 is 1.23 bits per heavy atom. The predicted molar refractivity (Wildman–Crippen MR) is 83.4 cm³/mol. The minimum absolute atomic E-state index is 0.165. The standard InChI is InChI=1S/C14H21BrN2O5/c1-3-20-13(21-4-2)9-17-12(18)7-8-16-14(19)10-5-6-11(15)22-10/h5-6,13H,3-4,7-9H2,1-2H3,(H,16,19)(H,17,18). The normalized spacial score (nSPS) is 10.7. The molecule has 1 aromatic rings. The van der Waals surface area contributed by atoms with Crippen molar-refractivity contribution in [2.45, 2.75) is 26.6 Å². The van der Waals surface area contributed by atoms with Crippen LogP contribution in [0.1, 0.15) is 30.8 Å². The largest absolute Gasteiger partial charge is 0.444 e. The fourth-order valence-corrected chi connectivity index (χ4v) is 1.94. The van der Waals surface area contributed by atoms with Crippen molar-refractivity contribution in [3.8, 4) is 0 Å². The Kier molecular flexibility index (Phi) is 8.79. The van der Waals surface area contributed by atoms with Crippen LogP contribution in [0.5, 0.6) is 0 Å². The summed E-state index contributed by atoms with van der Waals surface area (Å²) in [7, 11) is 0. The lowest BCUT2D eigenvalue weighted by atomic mass is 10.3. The van der Waals surface area contributed by atoms with E-state index in [1.165, 1.54) is 0 Å². The van der Waals surface area contributed by atoms with Gasteiger partial charge in [0, 0.05) is 26.2 Å². The molecular formula is C14H21BrN2O5. The van der Waals surface area contributed by atoms with Crippen LogP contribution in [0.2, 0.25) is 0 Å². The van der Waals surface area contributed by atoms with Crippen LogP contribution in [0.25, 0.3) is 0 Å². The second-order valence-electron chi connectivity index (χ2n) is 4.25. The van der Waals surface area contributed by atoms with Gasteiger partial charge in [0.05, 0.1) is 6.54 Å². The lowest BCUT2D eigenvalue weighted by Gasteiger charge is -2.17. The number of furan rings is 1. The van der Waals surface area contributed by atoms with Gasteiger partial charge >= 0.3 is 0 Å². The first kappa shape index (κ1) is 18.7. The molecule has 1 heterocycles. The average molecular weight is 377 g/mol. The molecule has 0 unspecified atom stereocenters. The van der Waals surface area contributed by atoms with E-state index in [4.69, 9.17) is 13.9 Å². The molecule has 0 aliphatic rings. The highest BCUT2D eigenvalue weighted by Gasteiger charge is 2.12. The summed E-state index contributed by atoms with van der Waals surface area (Å²) in [6.07, 6.45) is -0.285. The first-order chi connectivity index (χ1) is 10.6. The Bertz CT molecular complexity index is 472. The van der Waals surface area contributed by atoms with Crippen LogP contribution < -0.4 is 10.6 Å². The van der Waals surface area contributed by atoms with Crippen LogP contribution >= 0.6 is 15.9 Å². The zero-order valence-electron chi connectivity index (χ0n) is 12.7. The molecule has 0 aliphatic heterocycles. The lowest BCUT2D eigenvalue weighted by molar-refractivity contribution is -0.140. The molecule has 0 bridgehead atoms. The maximum Gasteiger partial charge on any atom is 0.287 e. The van der Waals surface area contributed by atoms with Gasteiger partial charge in [-0.25, -0.2) is 0 Å². The van der Waals surface area contributed by atoms with Gasteiger partial charge < -0.3 is 24.5 Å². The number of carbonyl (C=O) groups excluding carboxylic acids is 2. The monoisotopic (exact) mass is 376 g/mol. The summed E-state index contributed by atoms with van der Waals surface area (Å²) >= 11 is 3.12. The third-order valence-electron chi connectivity index (χ3n) is 2.61. The SMILES string of the molecule is CCOC(CNC(=O)CCNC(=O)c1ccc(Br)o1)OCC. The van der Waals surface area contributed by atoms with Crippen LogP contribution in [0, 0.1) is 0 Å². The molecular weight excluding hydrogens is 356 g/mol. The van der Waals surface area contributed by atoms with Crippen LogP contribution in [0.15, 0.2) is 21.2 Å². The van der Waals surface area contributed by atoms with Crippen molar-refractivity contribution in [3.63, 3.8) is 0 Å². The van der Waals surface area contributed by atoms with Crippen molar-refractivity contribution in [2.24, 2.45) is 0 Å². The minimum atomic E-state index is -0.450. The Balaban J connectivity index is 2.21. The van der Waals surface area contributed by atoms with E-state index in [9.17, 15) is 9.59 Å². The molecule has 22 heavy (non-hydrogen) atoms. The molecule has 2 amide bonds. The number of rotatable bonds is 10. The van der Waals surface area contributed by atoms with Crippen LogP contribution in [-0.4, -0.2) is 44.4 Å². The van der Waals surface area contributed by atoms with Crippen molar-refractivity contribution >= 4 is 27.7 Å². The molecule has 0 saturated carbocycles. The van der Waals surface area contributed by atoms with Crippen LogP contribution in [-0.2, 0) is 14.3 Å². The smallest absolute Gasteiger partial charge is 0.287 e. The molecule has 8 heteroatoms. The van der Waals surface area contributed by atoms with E-state index in [1.54, 1.807) is 12.1 Å². The Morgan fingerprint density at radius 3 is 2.45 bits per heavy atom. The van der Waals surface area contributed by atoms with Gasteiger partial charge in [-0.3, -0.25) is 9.59 Å². The molecule has 0 radical (unpaired) electrons. The third-order valence-corrected chi connectivity index (χ3v) is 3.03. The van der Waals surface area contributed by atoms with Gasteiger partial charge in [0.2, 0.25) is 5.91 Å². The van der Waals surface area contributed by atoms with Crippen molar-refractivity contribution in [2.75, 3.05) is 26.3 Å². The Labute approximate surface area is 137 Å². The van der Waals surface area contributed by atoms with E-state index >= 15 is 0 Å². The molecule has 0 fully saturated rings. The molecule has 0 aromatic carbocycles. The second kappa shape index (κ2) is 10.4. The second-order valence-corrected chi connectivity index (χ2v) is 5.04. The zero-order chi connectivity index (χ0) is 16.4. The molecule has 7 nitrogen and oxygen atoms in total. The van der Waals surface area contributed by atoms with Gasteiger partial charge in [-0.1, -0.05) is 0 Å². The van der Waals surface area contributed by atoms with Gasteiger partial charge in [0.25, 0.3) is 5.91 Å². The van der Waals surface area contributed by atoms with Crippen molar-refractivity contribution < 1.29 is 23.5 Å². The highest BCUT2D eigenvalue weighted by molar-refractivity contribution is 9.10. The average Bonchev–Trinajstić information content (AvgIpc) is 2.92. The summed E-state index contributed by atoms with van der Waals surface area (Å²) < 4.78 is 16.2. The number of carbonyl (C=O) groups is 2. The van der Waals surface area contributed by atoms with E-state index < -0.39 is 6.29 Å². The predicted octanol–water partition coefficient (Wildman–Crippen LogP) is 1.68. The van der Waals surface area contributed by atoms with E-state index in [-0.39, 0.29) is 37.1 Å². The lowest BCUT2D eigenvalue weighted by Crippen LogP contribution is -2.37. The van der Waals surface area contributed by atoms with E-state index in [2.05, 4.69) is 26.6 Å². The summed E-state index contributed by atoms with van der Waals surface area (Å²) in [4.78, 5) is 23.4. The summed E-state index contributed by atoms with van der Waals surface area (Å²) in [6.45, 7) is 5.23. The number of amides is 2. The molecule has 1 aromatic heterocycles. The van der Waals surface area contributed by atoms with Crippen LogP contribution in [0.4, 0.5) is 0 Å². The third kappa shape index (κ3) is 7.06. The van der Waals surface area contributed by atoms with E-state index in [0.717, 1.165) is 0 Å². The van der Waals surface area contributed by atoms with E-state index in [1.807, 2.05) is 13.8 Å². The molecule has 0 saturated heterocycles. The molecule has 1 rings (SSSR count). The number of nitrogens with one attached hydrogen (secondary N) is 2. The summed E-state index contributed by atoms with van der Waals surface area (Å²) in [5.74, 6) is -0.356. The number of halogens is 1. The number of hydrogen-bond acceptors (Lipinski definition) is 5. The van der Waals surface area contributed by atoms with Gasteiger partial charge in [0.15, 0.2) is 16.7 Å². The van der Waals surface area contributed by atoms with Gasteiger partial charge in [-0.2, -0.15) is 0 Å². The summed E-state index contributed by atoms with van der Waals surface area (Å²) in [5, 5.41) is 5.30.